The molecule has 1 aliphatic carbocycles. The second kappa shape index (κ2) is 9.86. The van der Waals surface area contributed by atoms with Crippen LogP contribution >= 0.6 is 0 Å². The monoisotopic (exact) mass is 364 g/mol. The van der Waals surface area contributed by atoms with Crippen molar-refractivity contribution in [3.63, 3.8) is 0 Å². The highest BCUT2D eigenvalue weighted by Crippen LogP contribution is 2.19. The minimum atomic E-state index is -0.136. The summed E-state index contributed by atoms with van der Waals surface area (Å²) < 4.78 is 0. The molecule has 0 saturated carbocycles. The number of carbonyl (C=O) groups is 1. The van der Waals surface area contributed by atoms with Gasteiger partial charge in [0.1, 0.15) is 5.69 Å². The van der Waals surface area contributed by atoms with Crippen LogP contribution in [0.15, 0.2) is 48.0 Å². The van der Waals surface area contributed by atoms with Gasteiger partial charge in [-0.1, -0.05) is 42.0 Å². The van der Waals surface area contributed by atoms with Crippen LogP contribution in [0.5, 0.6) is 0 Å². The summed E-state index contributed by atoms with van der Waals surface area (Å²) in [6.07, 6.45) is 9.02. The predicted molar refractivity (Wildman–Crippen MR) is 109 cm³/mol. The molecule has 0 aliphatic heterocycles. The van der Waals surface area contributed by atoms with Crippen LogP contribution in [0.4, 0.5) is 5.95 Å². The lowest BCUT2D eigenvalue weighted by Gasteiger charge is -2.13. The van der Waals surface area contributed by atoms with E-state index in [0.717, 1.165) is 31.5 Å². The minimum absolute atomic E-state index is 0.136. The number of aryl methyl sites for hydroxylation is 1. The molecule has 3 rings (SSSR count). The number of benzene rings is 1. The number of nitrogens with one attached hydrogen (secondary N) is 2. The highest BCUT2D eigenvalue weighted by molar-refractivity contribution is 5.92. The average Bonchev–Trinajstić information content (AvgIpc) is 2.69. The zero-order valence-electron chi connectivity index (χ0n) is 16.0. The van der Waals surface area contributed by atoms with Crippen LogP contribution in [0.1, 0.15) is 53.8 Å². The zero-order valence-corrected chi connectivity index (χ0v) is 16.0. The fourth-order valence-electron chi connectivity index (χ4n) is 3.29. The summed E-state index contributed by atoms with van der Waals surface area (Å²) in [6.45, 7) is 3.26. The van der Waals surface area contributed by atoms with E-state index in [1.54, 1.807) is 6.07 Å². The van der Waals surface area contributed by atoms with Crippen molar-refractivity contribution in [3.8, 4) is 0 Å². The molecule has 0 spiro atoms. The van der Waals surface area contributed by atoms with Crippen molar-refractivity contribution < 1.29 is 4.79 Å². The fourth-order valence-corrected chi connectivity index (χ4v) is 3.29. The Labute approximate surface area is 161 Å². The Kier molecular flexibility index (Phi) is 6.97. The van der Waals surface area contributed by atoms with E-state index in [-0.39, 0.29) is 5.91 Å². The van der Waals surface area contributed by atoms with Gasteiger partial charge in [-0.2, -0.15) is 0 Å². The summed E-state index contributed by atoms with van der Waals surface area (Å²) in [4.78, 5) is 21.2. The molecule has 0 fully saturated rings. The molecule has 0 bridgehead atoms. The van der Waals surface area contributed by atoms with Gasteiger partial charge in [0.05, 0.1) is 0 Å². The van der Waals surface area contributed by atoms with E-state index >= 15 is 0 Å². The number of aromatic nitrogens is 2. The maximum absolute atomic E-state index is 12.4. The van der Waals surface area contributed by atoms with Crippen molar-refractivity contribution >= 4 is 11.9 Å². The summed E-state index contributed by atoms with van der Waals surface area (Å²) in [5, 5.41) is 6.21. The van der Waals surface area contributed by atoms with Gasteiger partial charge < -0.3 is 10.6 Å². The van der Waals surface area contributed by atoms with Crippen molar-refractivity contribution in [1.82, 2.24) is 15.3 Å². The molecule has 142 valence electrons. The van der Waals surface area contributed by atoms with E-state index in [1.807, 2.05) is 25.1 Å². The van der Waals surface area contributed by atoms with Crippen molar-refractivity contribution in [1.29, 1.82) is 0 Å². The van der Waals surface area contributed by atoms with Crippen LogP contribution < -0.4 is 10.6 Å². The Bertz CT molecular complexity index is 786. The van der Waals surface area contributed by atoms with E-state index in [2.05, 4.69) is 38.8 Å². The molecule has 1 aromatic heterocycles. The first-order valence-electron chi connectivity index (χ1n) is 9.80. The second-order valence-corrected chi connectivity index (χ2v) is 6.99. The quantitative estimate of drug-likeness (QED) is 0.693. The molecular formula is C22H28N4O. The van der Waals surface area contributed by atoms with Crippen LogP contribution in [0, 0.1) is 6.92 Å². The normalized spacial score (nSPS) is 13.7. The minimum Gasteiger partial charge on any atom is -0.354 e. The number of hydrogen-bond acceptors (Lipinski definition) is 4. The van der Waals surface area contributed by atoms with Crippen molar-refractivity contribution in [2.24, 2.45) is 0 Å². The molecule has 27 heavy (non-hydrogen) atoms. The van der Waals surface area contributed by atoms with Crippen LogP contribution in [0.25, 0.3) is 0 Å². The molecule has 1 heterocycles. The lowest BCUT2D eigenvalue weighted by Crippen LogP contribution is -2.26. The molecule has 2 aromatic rings. The van der Waals surface area contributed by atoms with Gasteiger partial charge in [-0.05, 0) is 57.1 Å². The lowest BCUT2D eigenvalue weighted by atomic mass is 9.97. The molecule has 1 aromatic carbocycles. The van der Waals surface area contributed by atoms with E-state index in [1.165, 1.54) is 30.4 Å². The fraction of sp³-hybridized carbons (Fsp3) is 0.409. The van der Waals surface area contributed by atoms with Crippen molar-refractivity contribution in [3.05, 3.63) is 65.0 Å². The highest BCUT2D eigenvalue weighted by atomic mass is 16.1. The summed E-state index contributed by atoms with van der Waals surface area (Å²) in [7, 11) is 0. The number of rotatable bonds is 8. The Morgan fingerprint density at radius 1 is 1.07 bits per heavy atom. The maximum Gasteiger partial charge on any atom is 0.270 e. The number of hydrogen-bond donors (Lipinski definition) is 2. The molecule has 1 aliphatic rings. The molecular weight excluding hydrogens is 336 g/mol. The Balaban J connectivity index is 1.50. The summed E-state index contributed by atoms with van der Waals surface area (Å²) in [5.74, 6) is 0.370. The van der Waals surface area contributed by atoms with Crippen molar-refractivity contribution in [2.75, 3.05) is 18.4 Å². The van der Waals surface area contributed by atoms with Gasteiger partial charge in [-0.3, -0.25) is 4.79 Å². The molecule has 0 unspecified atom stereocenters. The third-order valence-electron chi connectivity index (χ3n) is 4.74. The molecule has 5 nitrogen and oxygen atoms in total. The van der Waals surface area contributed by atoms with Crippen LogP contribution in [-0.4, -0.2) is 29.0 Å². The van der Waals surface area contributed by atoms with Crippen LogP contribution in [0.2, 0.25) is 0 Å². The van der Waals surface area contributed by atoms with Gasteiger partial charge in [0.25, 0.3) is 5.91 Å². The molecule has 0 radical (unpaired) electrons. The van der Waals surface area contributed by atoms with Gasteiger partial charge in [-0.25, -0.2) is 9.97 Å². The van der Waals surface area contributed by atoms with Crippen LogP contribution in [-0.2, 0) is 6.42 Å². The highest BCUT2D eigenvalue weighted by Gasteiger charge is 2.11. The SMILES string of the molecule is Cc1cc(C(=O)NCCC2=CCCCC2)nc(NCCc2ccccc2)n1. The molecule has 5 heteroatoms. The topological polar surface area (TPSA) is 66.9 Å². The molecule has 2 N–H and O–H groups in total. The number of anilines is 1. The van der Waals surface area contributed by atoms with Gasteiger partial charge >= 0.3 is 0 Å². The smallest absolute Gasteiger partial charge is 0.270 e. The zero-order chi connectivity index (χ0) is 18.9. The number of amides is 1. The predicted octanol–water partition coefficient (Wildman–Crippen LogP) is 4.06. The Hall–Kier alpha value is -2.69. The van der Waals surface area contributed by atoms with Crippen molar-refractivity contribution in [2.45, 2.75) is 45.4 Å². The average molecular weight is 364 g/mol. The first-order valence-corrected chi connectivity index (χ1v) is 9.80. The first kappa shape index (κ1) is 19.1. The van der Waals surface area contributed by atoms with Crippen LogP contribution in [0.3, 0.4) is 0 Å². The standard InChI is InChI=1S/C22H28N4O/c1-17-16-20(21(27)23-14-12-18-8-4-2-5-9-18)26-22(25-17)24-15-13-19-10-6-3-7-11-19/h3,6-8,10-11,16H,2,4-5,9,12-15H2,1H3,(H,23,27)(H,24,25,26). The van der Waals surface area contributed by atoms with Gasteiger partial charge in [0, 0.05) is 18.8 Å². The summed E-state index contributed by atoms with van der Waals surface area (Å²) in [6, 6.07) is 12.0. The maximum atomic E-state index is 12.4. The number of nitrogens with zero attached hydrogens (tertiary/aromatic N) is 2. The number of allylic oxidation sites excluding steroid dienone is 1. The van der Waals surface area contributed by atoms with E-state index in [9.17, 15) is 4.79 Å². The third kappa shape index (κ3) is 6.20. The first-order chi connectivity index (χ1) is 13.2. The summed E-state index contributed by atoms with van der Waals surface area (Å²) >= 11 is 0. The Morgan fingerprint density at radius 2 is 1.93 bits per heavy atom. The second-order valence-electron chi connectivity index (χ2n) is 6.99. The lowest BCUT2D eigenvalue weighted by molar-refractivity contribution is 0.0949. The molecule has 0 saturated heterocycles. The van der Waals surface area contributed by atoms with Gasteiger partial charge in [-0.15, -0.1) is 0 Å². The third-order valence-corrected chi connectivity index (χ3v) is 4.74. The van der Waals surface area contributed by atoms with E-state index in [4.69, 9.17) is 0 Å². The van der Waals surface area contributed by atoms with Gasteiger partial charge in [0.2, 0.25) is 5.95 Å². The van der Waals surface area contributed by atoms with Gasteiger partial charge in [0.15, 0.2) is 0 Å². The van der Waals surface area contributed by atoms with E-state index in [0.29, 0.717) is 18.2 Å². The largest absolute Gasteiger partial charge is 0.354 e. The van der Waals surface area contributed by atoms with E-state index < -0.39 is 0 Å². The molecule has 0 atom stereocenters. The Morgan fingerprint density at radius 3 is 2.70 bits per heavy atom. The molecule has 1 amide bonds. The summed E-state index contributed by atoms with van der Waals surface area (Å²) in [5.41, 5.74) is 3.92. The number of carbonyl (C=O) groups excluding carboxylic acids is 1.